The number of piperidine rings is 2. The van der Waals surface area contributed by atoms with E-state index in [9.17, 15) is 14.4 Å². The summed E-state index contributed by atoms with van der Waals surface area (Å²) in [6, 6.07) is 7.63. The molecule has 1 atom stereocenters. The van der Waals surface area contributed by atoms with Gasteiger partial charge in [0.1, 0.15) is 11.6 Å². The molecule has 29 heavy (non-hydrogen) atoms. The molecule has 1 unspecified atom stereocenters. The van der Waals surface area contributed by atoms with Gasteiger partial charge in [-0.05, 0) is 58.2 Å². The summed E-state index contributed by atoms with van der Waals surface area (Å²) in [6.45, 7) is 6.92. The smallest absolute Gasteiger partial charge is 0.410 e. The van der Waals surface area contributed by atoms with Gasteiger partial charge in [-0.15, -0.1) is 0 Å². The lowest BCUT2D eigenvalue weighted by Gasteiger charge is -2.34. The van der Waals surface area contributed by atoms with Crippen LogP contribution in [0.3, 0.4) is 0 Å². The first-order chi connectivity index (χ1) is 13.7. The van der Waals surface area contributed by atoms with E-state index < -0.39 is 11.6 Å². The van der Waals surface area contributed by atoms with Crippen molar-refractivity contribution in [1.82, 2.24) is 10.2 Å². The molecule has 2 aliphatic rings. The molecule has 0 spiro atoms. The van der Waals surface area contributed by atoms with E-state index in [0.29, 0.717) is 25.9 Å². The molecule has 1 aromatic rings. The van der Waals surface area contributed by atoms with Crippen molar-refractivity contribution < 1.29 is 19.1 Å². The standard InChI is InChI=1S/C21H30N4O4/c1-21(2,3)29-20(28)25-11-9-14(10-12-25)22-15-5-4-6-16(13-15)23-17-7-8-18(26)24-19(17)27/h4-6,13-14,17,22-23H,7-12H2,1-3H3,(H,24,26,27). The van der Waals surface area contributed by atoms with Crippen molar-refractivity contribution in [3.8, 4) is 0 Å². The van der Waals surface area contributed by atoms with Crippen LogP contribution in [0.25, 0.3) is 0 Å². The summed E-state index contributed by atoms with van der Waals surface area (Å²) in [5.74, 6) is -0.504. The second kappa shape index (κ2) is 8.71. The molecule has 2 fully saturated rings. The molecular weight excluding hydrogens is 372 g/mol. The molecular formula is C21H30N4O4. The number of hydrogen-bond donors (Lipinski definition) is 3. The van der Waals surface area contributed by atoms with E-state index in [0.717, 1.165) is 24.2 Å². The maximum atomic E-state index is 12.2. The first-order valence-electron chi connectivity index (χ1n) is 10.1. The molecule has 3 amide bonds. The maximum absolute atomic E-state index is 12.2. The first-order valence-corrected chi connectivity index (χ1v) is 10.1. The van der Waals surface area contributed by atoms with Gasteiger partial charge in [-0.3, -0.25) is 14.9 Å². The van der Waals surface area contributed by atoms with E-state index in [2.05, 4.69) is 16.0 Å². The van der Waals surface area contributed by atoms with Crippen LogP contribution in [0.5, 0.6) is 0 Å². The molecule has 8 heteroatoms. The molecule has 0 aromatic heterocycles. The van der Waals surface area contributed by atoms with Crippen molar-refractivity contribution in [2.45, 2.75) is 64.1 Å². The van der Waals surface area contributed by atoms with Crippen molar-refractivity contribution in [2.24, 2.45) is 0 Å². The van der Waals surface area contributed by atoms with Gasteiger partial charge in [-0.1, -0.05) is 6.07 Å². The second-order valence-corrected chi connectivity index (χ2v) is 8.61. The summed E-state index contributed by atoms with van der Waals surface area (Å²) in [4.78, 5) is 37.1. The van der Waals surface area contributed by atoms with Crippen molar-refractivity contribution in [2.75, 3.05) is 23.7 Å². The Morgan fingerprint density at radius 1 is 1.10 bits per heavy atom. The molecule has 0 saturated carbocycles. The summed E-state index contributed by atoms with van der Waals surface area (Å²) < 4.78 is 5.44. The molecule has 0 bridgehead atoms. The highest BCUT2D eigenvalue weighted by Gasteiger charge is 2.28. The monoisotopic (exact) mass is 402 g/mol. The molecule has 0 aliphatic carbocycles. The number of imide groups is 1. The zero-order valence-corrected chi connectivity index (χ0v) is 17.3. The summed E-state index contributed by atoms with van der Waals surface area (Å²) in [5, 5.41) is 9.07. The Morgan fingerprint density at radius 3 is 2.38 bits per heavy atom. The van der Waals surface area contributed by atoms with E-state index >= 15 is 0 Å². The Kier molecular flexibility index (Phi) is 6.30. The molecule has 2 saturated heterocycles. The minimum absolute atomic E-state index is 0.221. The summed E-state index contributed by atoms with van der Waals surface area (Å²) >= 11 is 0. The number of amides is 3. The van der Waals surface area contributed by atoms with Gasteiger partial charge < -0.3 is 20.3 Å². The van der Waals surface area contributed by atoms with E-state index in [-0.39, 0.29) is 23.9 Å². The van der Waals surface area contributed by atoms with Crippen LogP contribution in [0, 0.1) is 0 Å². The molecule has 3 rings (SSSR count). The lowest BCUT2D eigenvalue weighted by atomic mass is 10.0. The minimum atomic E-state index is -0.484. The normalized spacial score (nSPS) is 20.8. The van der Waals surface area contributed by atoms with Gasteiger partial charge in [0, 0.05) is 36.9 Å². The van der Waals surface area contributed by atoms with E-state index in [1.165, 1.54) is 0 Å². The Labute approximate surface area is 171 Å². The van der Waals surface area contributed by atoms with Crippen LogP contribution in [0.4, 0.5) is 16.2 Å². The molecule has 3 N–H and O–H groups in total. The third kappa shape index (κ3) is 6.10. The fourth-order valence-electron chi connectivity index (χ4n) is 3.50. The number of carbonyl (C=O) groups is 3. The predicted molar refractivity (Wildman–Crippen MR) is 111 cm³/mol. The number of benzene rings is 1. The van der Waals surface area contributed by atoms with Gasteiger partial charge in [0.2, 0.25) is 11.8 Å². The molecule has 1 aromatic carbocycles. The zero-order valence-electron chi connectivity index (χ0n) is 17.3. The Morgan fingerprint density at radius 2 is 1.76 bits per heavy atom. The van der Waals surface area contributed by atoms with Crippen LogP contribution in [-0.2, 0) is 14.3 Å². The van der Waals surface area contributed by atoms with E-state index in [1.807, 2.05) is 45.0 Å². The van der Waals surface area contributed by atoms with Crippen molar-refractivity contribution in [1.29, 1.82) is 0 Å². The summed E-state index contributed by atoms with van der Waals surface area (Å²) in [5.41, 5.74) is 1.30. The van der Waals surface area contributed by atoms with Gasteiger partial charge in [-0.2, -0.15) is 0 Å². The Hall–Kier alpha value is -2.77. The number of nitrogens with zero attached hydrogens (tertiary/aromatic N) is 1. The SMILES string of the molecule is CC(C)(C)OC(=O)N1CCC(Nc2cccc(NC3CCC(=O)NC3=O)c2)CC1. The van der Waals surface area contributed by atoms with Crippen LogP contribution < -0.4 is 16.0 Å². The minimum Gasteiger partial charge on any atom is -0.444 e. The predicted octanol–water partition coefficient (Wildman–Crippen LogP) is 2.72. The summed E-state index contributed by atoms with van der Waals surface area (Å²) in [6.07, 6.45) is 2.25. The van der Waals surface area contributed by atoms with E-state index in [4.69, 9.17) is 4.74 Å². The number of anilines is 2. The largest absolute Gasteiger partial charge is 0.444 e. The van der Waals surface area contributed by atoms with Gasteiger partial charge in [0.15, 0.2) is 0 Å². The summed E-state index contributed by atoms with van der Waals surface area (Å²) in [7, 11) is 0. The molecule has 0 radical (unpaired) electrons. The number of rotatable bonds is 4. The van der Waals surface area contributed by atoms with Crippen LogP contribution >= 0.6 is 0 Å². The third-order valence-corrected chi connectivity index (χ3v) is 4.96. The van der Waals surface area contributed by atoms with Crippen molar-refractivity contribution in [3.05, 3.63) is 24.3 Å². The van der Waals surface area contributed by atoms with Crippen LogP contribution in [0.1, 0.15) is 46.5 Å². The van der Waals surface area contributed by atoms with Crippen LogP contribution in [0.2, 0.25) is 0 Å². The van der Waals surface area contributed by atoms with E-state index in [1.54, 1.807) is 4.90 Å². The van der Waals surface area contributed by atoms with Crippen LogP contribution in [-0.4, -0.2) is 53.6 Å². The molecule has 2 aliphatic heterocycles. The average molecular weight is 402 g/mol. The zero-order chi connectivity index (χ0) is 21.0. The topological polar surface area (TPSA) is 99.8 Å². The number of ether oxygens (including phenoxy) is 1. The first kappa shape index (κ1) is 21.0. The fourth-order valence-corrected chi connectivity index (χ4v) is 3.50. The fraction of sp³-hybridized carbons (Fsp3) is 0.571. The highest BCUT2D eigenvalue weighted by molar-refractivity contribution is 6.01. The highest BCUT2D eigenvalue weighted by Crippen LogP contribution is 2.22. The number of hydrogen-bond acceptors (Lipinski definition) is 6. The van der Waals surface area contributed by atoms with Crippen LogP contribution in [0.15, 0.2) is 24.3 Å². The lowest BCUT2D eigenvalue weighted by Crippen LogP contribution is -2.47. The van der Waals surface area contributed by atoms with Gasteiger partial charge >= 0.3 is 6.09 Å². The average Bonchev–Trinajstić information content (AvgIpc) is 2.64. The molecule has 2 heterocycles. The van der Waals surface area contributed by atoms with Gasteiger partial charge in [-0.25, -0.2) is 4.79 Å². The van der Waals surface area contributed by atoms with Crippen molar-refractivity contribution in [3.63, 3.8) is 0 Å². The third-order valence-electron chi connectivity index (χ3n) is 4.96. The number of nitrogens with one attached hydrogen (secondary N) is 3. The number of likely N-dealkylation sites (tertiary alicyclic amines) is 1. The van der Waals surface area contributed by atoms with Crippen molar-refractivity contribution >= 4 is 29.3 Å². The maximum Gasteiger partial charge on any atom is 0.410 e. The Balaban J connectivity index is 1.50. The molecule has 158 valence electrons. The molecule has 8 nitrogen and oxygen atoms in total. The van der Waals surface area contributed by atoms with Gasteiger partial charge in [0.25, 0.3) is 0 Å². The lowest BCUT2D eigenvalue weighted by molar-refractivity contribution is -0.133. The van der Waals surface area contributed by atoms with Gasteiger partial charge in [0.05, 0.1) is 0 Å². The highest BCUT2D eigenvalue weighted by atomic mass is 16.6. The number of carbonyl (C=O) groups excluding carboxylic acids is 3. The second-order valence-electron chi connectivity index (χ2n) is 8.61. The Bertz CT molecular complexity index is 766. The quantitative estimate of drug-likeness (QED) is 0.670.